The molecule has 0 radical (unpaired) electrons. The van der Waals surface area contributed by atoms with E-state index in [1.165, 1.54) is 32.1 Å². The Hall–Kier alpha value is -0.570. The maximum atomic E-state index is 7.38. The topological polar surface area (TPSA) is 53.1 Å². The predicted molar refractivity (Wildman–Crippen MR) is 69.8 cm³/mol. The van der Waals surface area contributed by atoms with Crippen molar-refractivity contribution in [3.8, 4) is 0 Å². The minimum absolute atomic E-state index is 0.309. The average molecular weight is 225 g/mol. The van der Waals surface area contributed by atoms with Crippen LogP contribution in [0.2, 0.25) is 0 Å². The van der Waals surface area contributed by atoms with Crippen molar-refractivity contribution < 1.29 is 0 Å². The smallest absolute Gasteiger partial charge is 0.0920 e. The summed E-state index contributed by atoms with van der Waals surface area (Å²) in [6, 6.07) is 1.10. The van der Waals surface area contributed by atoms with Crippen molar-refractivity contribution in [1.29, 1.82) is 5.41 Å². The molecule has 3 unspecified atom stereocenters. The maximum Gasteiger partial charge on any atom is 0.0920 e. The van der Waals surface area contributed by atoms with Crippen molar-refractivity contribution in [3.05, 3.63) is 0 Å². The van der Waals surface area contributed by atoms with Crippen LogP contribution in [0.15, 0.2) is 0 Å². The molecule has 0 aromatic heterocycles. The summed E-state index contributed by atoms with van der Waals surface area (Å²) in [5.41, 5.74) is 5.48. The van der Waals surface area contributed by atoms with E-state index in [9.17, 15) is 0 Å². The van der Waals surface area contributed by atoms with Crippen LogP contribution >= 0.6 is 0 Å². The summed E-state index contributed by atoms with van der Waals surface area (Å²) in [5.74, 6) is 1.15. The number of nitrogens with two attached hydrogens (primary N) is 1. The normalized spacial score (nSPS) is 28.0. The molecule has 0 aromatic rings. The van der Waals surface area contributed by atoms with Gasteiger partial charge >= 0.3 is 0 Å². The molecule has 3 heteroatoms. The molecule has 0 heterocycles. The number of amidine groups is 1. The molecule has 3 atom stereocenters. The Morgan fingerprint density at radius 2 is 2.06 bits per heavy atom. The lowest BCUT2D eigenvalue weighted by Gasteiger charge is -2.40. The zero-order valence-electron chi connectivity index (χ0n) is 11.0. The highest BCUT2D eigenvalue weighted by atomic mass is 15.2. The molecule has 1 aliphatic rings. The lowest BCUT2D eigenvalue weighted by Crippen LogP contribution is -2.45. The van der Waals surface area contributed by atoms with E-state index in [0.717, 1.165) is 5.92 Å². The van der Waals surface area contributed by atoms with E-state index in [2.05, 4.69) is 25.8 Å². The Balaban J connectivity index is 2.55. The molecule has 94 valence electrons. The molecule has 1 fully saturated rings. The van der Waals surface area contributed by atoms with Crippen molar-refractivity contribution in [3.63, 3.8) is 0 Å². The third-order valence-electron chi connectivity index (χ3n) is 4.13. The molecule has 3 nitrogen and oxygen atoms in total. The summed E-state index contributed by atoms with van der Waals surface area (Å²) < 4.78 is 0. The second-order valence-corrected chi connectivity index (χ2v) is 5.26. The second-order valence-electron chi connectivity index (χ2n) is 5.26. The third kappa shape index (κ3) is 3.48. The van der Waals surface area contributed by atoms with Gasteiger partial charge in [0.15, 0.2) is 0 Å². The molecule has 0 spiro atoms. The van der Waals surface area contributed by atoms with Gasteiger partial charge in [-0.05, 0) is 32.7 Å². The molecule has 0 amide bonds. The highest BCUT2D eigenvalue weighted by Crippen LogP contribution is 2.31. The number of hydrogen-bond donors (Lipinski definition) is 2. The molecular formula is C13H27N3. The second kappa shape index (κ2) is 6.24. The Morgan fingerprint density at radius 3 is 2.62 bits per heavy atom. The molecule has 0 aliphatic heterocycles. The highest BCUT2D eigenvalue weighted by molar-refractivity contribution is 5.77. The summed E-state index contributed by atoms with van der Waals surface area (Å²) in [4.78, 5) is 2.45. The van der Waals surface area contributed by atoms with Crippen LogP contribution in [0.3, 0.4) is 0 Å². The van der Waals surface area contributed by atoms with Crippen LogP contribution < -0.4 is 5.73 Å². The minimum atomic E-state index is 0.309. The quantitative estimate of drug-likeness (QED) is 0.558. The molecule has 1 rings (SSSR count). The molecule has 16 heavy (non-hydrogen) atoms. The molecule has 0 bridgehead atoms. The van der Waals surface area contributed by atoms with Gasteiger partial charge in [0.05, 0.1) is 5.84 Å². The standard InChI is InChI=1S/C13H27N3/c1-4-11-7-5-6-8-12(11)16(3)10(2)9-13(14)15/h10-12H,4-9H2,1-3H3,(H3,14,15). The maximum absolute atomic E-state index is 7.38. The zero-order chi connectivity index (χ0) is 12.1. The van der Waals surface area contributed by atoms with Crippen molar-refractivity contribution in [2.45, 2.75) is 64.5 Å². The molecule has 0 aromatic carbocycles. The number of rotatable bonds is 5. The lowest BCUT2D eigenvalue weighted by molar-refractivity contribution is 0.0956. The van der Waals surface area contributed by atoms with E-state index < -0.39 is 0 Å². The summed E-state index contributed by atoms with van der Waals surface area (Å²) in [6.45, 7) is 4.48. The fourth-order valence-corrected chi connectivity index (χ4v) is 2.99. The molecule has 1 saturated carbocycles. The minimum Gasteiger partial charge on any atom is -0.388 e. The van der Waals surface area contributed by atoms with Crippen molar-refractivity contribution in [2.75, 3.05) is 7.05 Å². The van der Waals surface area contributed by atoms with Crippen LogP contribution in [0.1, 0.15) is 52.4 Å². The van der Waals surface area contributed by atoms with Crippen LogP contribution in [0, 0.1) is 11.3 Å². The van der Waals surface area contributed by atoms with E-state index in [4.69, 9.17) is 11.1 Å². The van der Waals surface area contributed by atoms with Gasteiger partial charge in [0.1, 0.15) is 0 Å². The van der Waals surface area contributed by atoms with Gasteiger partial charge in [0.25, 0.3) is 0 Å². The van der Waals surface area contributed by atoms with E-state index in [0.29, 0.717) is 24.3 Å². The van der Waals surface area contributed by atoms with E-state index in [1.54, 1.807) is 0 Å². The Morgan fingerprint density at radius 1 is 1.44 bits per heavy atom. The Bertz CT molecular complexity index is 227. The fraction of sp³-hybridized carbons (Fsp3) is 0.923. The highest BCUT2D eigenvalue weighted by Gasteiger charge is 2.29. The monoisotopic (exact) mass is 225 g/mol. The van der Waals surface area contributed by atoms with Gasteiger partial charge in [0.2, 0.25) is 0 Å². The van der Waals surface area contributed by atoms with Gasteiger partial charge in [-0.3, -0.25) is 5.41 Å². The van der Waals surface area contributed by atoms with Crippen molar-refractivity contribution in [2.24, 2.45) is 11.7 Å². The van der Waals surface area contributed by atoms with Crippen LogP contribution in [-0.2, 0) is 0 Å². The van der Waals surface area contributed by atoms with Crippen molar-refractivity contribution in [1.82, 2.24) is 4.90 Å². The zero-order valence-corrected chi connectivity index (χ0v) is 11.0. The van der Waals surface area contributed by atoms with E-state index in [-0.39, 0.29) is 0 Å². The Labute approximate surface area is 99.9 Å². The SMILES string of the molecule is CCC1CCCCC1N(C)C(C)CC(=N)N. The number of nitrogens with one attached hydrogen (secondary N) is 1. The van der Waals surface area contributed by atoms with Gasteiger partial charge in [-0.25, -0.2) is 0 Å². The third-order valence-corrected chi connectivity index (χ3v) is 4.13. The molecule has 1 aliphatic carbocycles. The van der Waals surface area contributed by atoms with Crippen molar-refractivity contribution >= 4 is 5.84 Å². The van der Waals surface area contributed by atoms with Gasteiger partial charge in [0, 0.05) is 18.5 Å². The number of nitrogens with zero attached hydrogens (tertiary/aromatic N) is 1. The van der Waals surface area contributed by atoms with E-state index in [1.807, 2.05) is 0 Å². The van der Waals surface area contributed by atoms with E-state index >= 15 is 0 Å². The van der Waals surface area contributed by atoms with Gasteiger partial charge < -0.3 is 10.6 Å². The largest absolute Gasteiger partial charge is 0.388 e. The average Bonchev–Trinajstić information content (AvgIpc) is 2.27. The summed E-state index contributed by atoms with van der Waals surface area (Å²) in [5, 5.41) is 7.38. The van der Waals surface area contributed by atoms with Crippen LogP contribution in [0.5, 0.6) is 0 Å². The Kier molecular flexibility index (Phi) is 5.26. The molecule has 3 N–H and O–H groups in total. The summed E-state index contributed by atoms with van der Waals surface area (Å²) in [7, 11) is 2.20. The summed E-state index contributed by atoms with van der Waals surface area (Å²) >= 11 is 0. The molecule has 0 saturated heterocycles. The first kappa shape index (κ1) is 13.5. The predicted octanol–water partition coefficient (Wildman–Crippen LogP) is 2.60. The fourth-order valence-electron chi connectivity index (χ4n) is 2.99. The number of hydrogen-bond acceptors (Lipinski definition) is 2. The van der Waals surface area contributed by atoms with Crippen LogP contribution in [-0.4, -0.2) is 29.9 Å². The van der Waals surface area contributed by atoms with Gasteiger partial charge in [-0.15, -0.1) is 0 Å². The first-order chi connectivity index (χ1) is 7.56. The molecular weight excluding hydrogens is 198 g/mol. The summed E-state index contributed by atoms with van der Waals surface area (Å²) in [6.07, 6.45) is 7.42. The first-order valence-electron chi connectivity index (χ1n) is 6.61. The van der Waals surface area contributed by atoms with Crippen LogP contribution in [0.4, 0.5) is 0 Å². The van der Waals surface area contributed by atoms with Crippen LogP contribution in [0.25, 0.3) is 0 Å². The van der Waals surface area contributed by atoms with Gasteiger partial charge in [-0.2, -0.15) is 0 Å². The van der Waals surface area contributed by atoms with Gasteiger partial charge in [-0.1, -0.05) is 26.2 Å². The first-order valence-corrected chi connectivity index (χ1v) is 6.61. The lowest BCUT2D eigenvalue weighted by atomic mass is 9.81.